The van der Waals surface area contributed by atoms with E-state index in [1.54, 1.807) is 14.1 Å². The molecule has 1 aliphatic rings. The number of anilines is 1. The molecule has 0 atom stereocenters. The Kier molecular flexibility index (Phi) is 9.32. The summed E-state index contributed by atoms with van der Waals surface area (Å²) in [5.41, 5.74) is 1.91. The van der Waals surface area contributed by atoms with Gasteiger partial charge in [-0.15, -0.1) is 11.3 Å². The number of rotatable bonds is 10. The molecule has 198 valence electrons. The fourth-order valence-electron chi connectivity index (χ4n) is 4.29. The van der Waals surface area contributed by atoms with Crippen molar-refractivity contribution in [3.05, 3.63) is 45.8 Å². The number of unbranched alkanes of at least 4 members (excludes halogenated alkanes) is 1. The van der Waals surface area contributed by atoms with Crippen LogP contribution in [0.2, 0.25) is 0 Å². The molecule has 0 radical (unpaired) electrons. The maximum Gasteiger partial charge on any atom is 0.256 e. The molecule has 0 aliphatic carbocycles. The van der Waals surface area contributed by atoms with Crippen LogP contribution in [0, 0.1) is 0 Å². The highest BCUT2D eigenvalue weighted by atomic mass is 32.2. The van der Waals surface area contributed by atoms with Gasteiger partial charge in [-0.25, -0.2) is 8.42 Å². The Morgan fingerprint density at radius 3 is 2.36 bits per heavy atom. The van der Waals surface area contributed by atoms with Gasteiger partial charge in [-0.3, -0.25) is 14.5 Å². The summed E-state index contributed by atoms with van der Waals surface area (Å²) in [6.07, 6.45) is 2.46. The van der Waals surface area contributed by atoms with E-state index in [9.17, 15) is 18.0 Å². The van der Waals surface area contributed by atoms with E-state index in [0.717, 1.165) is 42.8 Å². The van der Waals surface area contributed by atoms with Crippen molar-refractivity contribution in [2.45, 2.75) is 64.4 Å². The van der Waals surface area contributed by atoms with Gasteiger partial charge >= 0.3 is 0 Å². The van der Waals surface area contributed by atoms with Crippen molar-refractivity contribution < 1.29 is 18.0 Å². The highest BCUT2D eigenvalue weighted by Crippen LogP contribution is 2.38. The smallest absolute Gasteiger partial charge is 0.256 e. The summed E-state index contributed by atoms with van der Waals surface area (Å²) >= 11 is 1.45. The third-order valence-electron chi connectivity index (χ3n) is 6.53. The summed E-state index contributed by atoms with van der Waals surface area (Å²) < 4.78 is 27.4. The van der Waals surface area contributed by atoms with Crippen molar-refractivity contribution in [1.29, 1.82) is 0 Å². The van der Waals surface area contributed by atoms with Gasteiger partial charge in [-0.2, -0.15) is 4.31 Å². The maximum absolute atomic E-state index is 13.1. The van der Waals surface area contributed by atoms with Crippen LogP contribution in [0.5, 0.6) is 0 Å². The number of amides is 2. The van der Waals surface area contributed by atoms with Gasteiger partial charge in [-0.05, 0) is 56.5 Å². The molecule has 3 rings (SSSR count). The van der Waals surface area contributed by atoms with E-state index >= 15 is 0 Å². The molecular weight excluding hydrogens is 496 g/mol. The second kappa shape index (κ2) is 11.9. The molecule has 0 bridgehead atoms. The summed E-state index contributed by atoms with van der Waals surface area (Å²) in [4.78, 5) is 31.3. The fraction of sp³-hybridized carbons (Fsp3) is 0.538. The largest absolute Gasteiger partial charge is 0.345 e. The van der Waals surface area contributed by atoms with Crippen LogP contribution >= 0.6 is 11.3 Å². The van der Waals surface area contributed by atoms with Crippen LogP contribution in [0.25, 0.3) is 0 Å². The lowest BCUT2D eigenvalue weighted by atomic mass is 10.0. The van der Waals surface area contributed by atoms with Crippen molar-refractivity contribution in [3.63, 3.8) is 0 Å². The SMILES string of the molecule is CCCCN(CC)S(=O)(=O)c1ccc(C(=O)Nc2sc3c(c2C(=O)N(C)C)CCN(C(C)C)C3)cc1. The number of hydrogen-bond acceptors (Lipinski definition) is 6. The summed E-state index contributed by atoms with van der Waals surface area (Å²) in [6.45, 7) is 10.6. The van der Waals surface area contributed by atoms with Gasteiger partial charge in [-0.1, -0.05) is 20.3 Å². The lowest BCUT2D eigenvalue weighted by Gasteiger charge is -2.30. The standard InChI is InChI=1S/C26H38N4O4S2/c1-7-9-15-30(8-2)36(33,34)20-12-10-19(11-13-20)24(31)27-25-23(26(32)28(5)6)21-14-16-29(18(3)4)17-22(21)35-25/h10-13,18H,7-9,14-17H2,1-6H3,(H,27,31). The maximum atomic E-state index is 13.1. The fourth-order valence-corrected chi connectivity index (χ4v) is 7.04. The molecule has 2 aromatic rings. The first-order valence-electron chi connectivity index (χ1n) is 12.5. The Hall–Kier alpha value is -2.27. The molecule has 1 aromatic heterocycles. The number of benzene rings is 1. The monoisotopic (exact) mass is 534 g/mol. The van der Waals surface area contributed by atoms with Gasteiger partial charge < -0.3 is 10.2 Å². The van der Waals surface area contributed by atoms with Gasteiger partial charge in [0.05, 0.1) is 10.5 Å². The number of fused-ring (bicyclic) bond motifs is 1. The van der Waals surface area contributed by atoms with Crippen molar-refractivity contribution in [2.75, 3.05) is 39.0 Å². The molecule has 0 saturated heterocycles. The number of hydrogen-bond donors (Lipinski definition) is 1. The quantitative estimate of drug-likeness (QED) is 0.491. The molecule has 1 aromatic carbocycles. The molecule has 2 amide bonds. The number of sulfonamides is 1. The Bertz CT molecular complexity index is 1190. The summed E-state index contributed by atoms with van der Waals surface area (Å²) in [7, 11) is -0.200. The number of nitrogens with zero attached hydrogens (tertiary/aromatic N) is 3. The van der Waals surface area contributed by atoms with Gasteiger partial charge in [0.1, 0.15) is 5.00 Å². The zero-order chi connectivity index (χ0) is 26.6. The third-order valence-corrected chi connectivity index (χ3v) is 9.65. The van der Waals surface area contributed by atoms with Crippen LogP contribution in [0.1, 0.15) is 71.7 Å². The van der Waals surface area contributed by atoms with E-state index in [4.69, 9.17) is 0 Å². The van der Waals surface area contributed by atoms with E-state index in [0.29, 0.717) is 35.3 Å². The normalized spacial score (nSPS) is 14.2. The summed E-state index contributed by atoms with van der Waals surface area (Å²) in [5.74, 6) is -0.502. The number of thiophene rings is 1. The van der Waals surface area contributed by atoms with E-state index in [1.807, 2.05) is 13.8 Å². The predicted molar refractivity (Wildman–Crippen MR) is 145 cm³/mol. The zero-order valence-electron chi connectivity index (χ0n) is 22.1. The first-order valence-corrected chi connectivity index (χ1v) is 14.8. The van der Waals surface area contributed by atoms with Gasteiger partial charge in [0.25, 0.3) is 11.8 Å². The van der Waals surface area contributed by atoms with Crippen LogP contribution < -0.4 is 5.32 Å². The van der Waals surface area contributed by atoms with Crippen LogP contribution in [0.3, 0.4) is 0 Å². The molecule has 1 aliphatic heterocycles. The lowest BCUT2D eigenvalue weighted by Crippen LogP contribution is -2.36. The number of nitrogens with one attached hydrogen (secondary N) is 1. The molecule has 36 heavy (non-hydrogen) atoms. The molecule has 10 heteroatoms. The first kappa shape index (κ1) is 28.3. The van der Waals surface area contributed by atoms with E-state index in [2.05, 4.69) is 24.1 Å². The highest BCUT2D eigenvalue weighted by Gasteiger charge is 2.30. The minimum Gasteiger partial charge on any atom is -0.345 e. The average Bonchev–Trinajstić information content (AvgIpc) is 3.20. The summed E-state index contributed by atoms with van der Waals surface area (Å²) in [6, 6.07) is 6.40. The molecular formula is C26H38N4O4S2. The van der Waals surface area contributed by atoms with E-state index < -0.39 is 10.0 Å². The van der Waals surface area contributed by atoms with Crippen LogP contribution in [-0.2, 0) is 23.0 Å². The Morgan fingerprint density at radius 1 is 1.14 bits per heavy atom. The minimum absolute atomic E-state index is 0.131. The van der Waals surface area contributed by atoms with E-state index in [1.165, 1.54) is 44.8 Å². The Morgan fingerprint density at radius 2 is 1.81 bits per heavy atom. The van der Waals surface area contributed by atoms with Crippen LogP contribution in [0.4, 0.5) is 5.00 Å². The Labute approximate surface area is 219 Å². The number of carbonyl (C=O) groups excluding carboxylic acids is 2. The molecule has 0 fully saturated rings. The molecule has 1 N–H and O–H groups in total. The third kappa shape index (κ3) is 5.99. The topological polar surface area (TPSA) is 90.0 Å². The average molecular weight is 535 g/mol. The second-order valence-corrected chi connectivity index (χ2v) is 12.6. The summed E-state index contributed by atoms with van der Waals surface area (Å²) in [5, 5.41) is 3.48. The van der Waals surface area contributed by atoms with Crippen LogP contribution in [-0.4, -0.2) is 74.1 Å². The van der Waals surface area contributed by atoms with Gasteiger partial charge in [0, 0.05) is 56.8 Å². The zero-order valence-corrected chi connectivity index (χ0v) is 23.8. The minimum atomic E-state index is -3.62. The molecule has 8 nitrogen and oxygen atoms in total. The highest BCUT2D eigenvalue weighted by molar-refractivity contribution is 7.89. The molecule has 0 unspecified atom stereocenters. The number of carbonyl (C=O) groups is 2. The second-order valence-electron chi connectivity index (χ2n) is 9.55. The van der Waals surface area contributed by atoms with Crippen LogP contribution in [0.15, 0.2) is 29.2 Å². The Balaban J connectivity index is 1.86. The van der Waals surface area contributed by atoms with Crippen molar-refractivity contribution >= 4 is 38.2 Å². The van der Waals surface area contributed by atoms with Crippen molar-refractivity contribution in [2.24, 2.45) is 0 Å². The predicted octanol–water partition coefficient (Wildman–Crippen LogP) is 4.28. The molecule has 0 spiro atoms. The van der Waals surface area contributed by atoms with Gasteiger partial charge in [0.15, 0.2) is 0 Å². The lowest BCUT2D eigenvalue weighted by molar-refractivity contribution is 0.0827. The van der Waals surface area contributed by atoms with E-state index in [-0.39, 0.29) is 16.7 Å². The first-order chi connectivity index (χ1) is 17.0. The molecule has 2 heterocycles. The molecule has 0 saturated carbocycles. The van der Waals surface area contributed by atoms with Crippen molar-refractivity contribution in [1.82, 2.24) is 14.1 Å². The van der Waals surface area contributed by atoms with Crippen molar-refractivity contribution in [3.8, 4) is 0 Å². The van der Waals surface area contributed by atoms with Gasteiger partial charge in [0.2, 0.25) is 10.0 Å².